The van der Waals surface area contributed by atoms with E-state index in [-0.39, 0.29) is 0 Å². The quantitative estimate of drug-likeness (QED) is 0.188. The fourth-order valence-electron chi connectivity index (χ4n) is 7.98. The fraction of sp³-hybridized carbons (Fsp3) is 0. The highest BCUT2D eigenvalue weighted by Crippen LogP contribution is 2.50. The normalized spacial score (nSPS) is 12.0. The Balaban J connectivity index is 1.32. The monoisotopic (exact) mass is 656 g/mol. The third-order valence-corrected chi connectivity index (χ3v) is 11.3. The molecule has 50 heavy (non-hydrogen) atoms. The predicted molar refractivity (Wildman–Crippen MR) is 213 cm³/mol. The number of anilines is 3. The summed E-state index contributed by atoms with van der Waals surface area (Å²) < 4.78 is 11.7. The van der Waals surface area contributed by atoms with Gasteiger partial charge >= 0.3 is 0 Å². The maximum Gasteiger partial charge on any atom is 0.159 e. The molecule has 8 aromatic carbocycles. The molecule has 0 fully saturated rings. The Morgan fingerprint density at radius 1 is 0.460 bits per heavy atom. The van der Waals surface area contributed by atoms with Crippen molar-refractivity contribution in [3.63, 3.8) is 0 Å². The lowest BCUT2D eigenvalue weighted by molar-refractivity contribution is 0.669. The van der Waals surface area contributed by atoms with Gasteiger partial charge in [-0.05, 0) is 71.4 Å². The summed E-state index contributed by atoms with van der Waals surface area (Å²) in [5.41, 5.74) is 8.49. The van der Waals surface area contributed by atoms with E-state index in [2.05, 4.69) is 173 Å². The number of furan rings is 1. The molecule has 0 aliphatic carbocycles. The number of thiophene rings is 1. The molecule has 3 nitrogen and oxygen atoms in total. The first-order valence-corrected chi connectivity index (χ1v) is 17.8. The minimum Gasteiger partial charge on any atom is -0.454 e. The van der Waals surface area contributed by atoms with Crippen molar-refractivity contribution in [1.29, 1.82) is 0 Å². The number of nitrogens with zero attached hydrogens (tertiary/aromatic N) is 2. The highest BCUT2D eigenvalue weighted by molar-refractivity contribution is 7.26. The van der Waals surface area contributed by atoms with E-state index in [1.165, 1.54) is 47.2 Å². The standard InChI is InChI=1S/C46H28N2OS/c1-2-15-31(16-3-1)47-37-21-12-22-38(44(37)36-27-29-13-4-5-14-30(29)28-41(36)47)48(39-23-10-19-34-32-17-6-8-25-42(32)49-45(34)39)40-24-11-20-35-33-18-7-9-26-43(33)50-46(35)40/h1-28H. The van der Waals surface area contributed by atoms with Gasteiger partial charge in [-0.15, -0.1) is 11.3 Å². The van der Waals surface area contributed by atoms with Crippen LogP contribution >= 0.6 is 11.3 Å². The van der Waals surface area contributed by atoms with Crippen molar-refractivity contribution >= 4 is 103 Å². The van der Waals surface area contributed by atoms with Gasteiger partial charge in [-0.2, -0.15) is 0 Å². The van der Waals surface area contributed by atoms with Crippen molar-refractivity contribution in [1.82, 2.24) is 4.57 Å². The maximum atomic E-state index is 6.77. The van der Waals surface area contributed by atoms with Crippen LogP contribution in [0.5, 0.6) is 0 Å². The molecular formula is C46H28N2OS. The van der Waals surface area contributed by atoms with Gasteiger partial charge in [-0.3, -0.25) is 0 Å². The van der Waals surface area contributed by atoms with Gasteiger partial charge in [0.2, 0.25) is 0 Å². The summed E-state index contributed by atoms with van der Waals surface area (Å²) in [6.07, 6.45) is 0. The molecule has 0 atom stereocenters. The van der Waals surface area contributed by atoms with Gasteiger partial charge in [-0.25, -0.2) is 0 Å². The van der Waals surface area contributed by atoms with E-state index >= 15 is 0 Å². The molecule has 3 aromatic heterocycles. The summed E-state index contributed by atoms with van der Waals surface area (Å²) >= 11 is 1.85. The molecule has 4 heteroatoms. The number of benzene rings is 8. The number of hydrogen-bond acceptors (Lipinski definition) is 3. The van der Waals surface area contributed by atoms with Crippen LogP contribution in [-0.4, -0.2) is 4.57 Å². The second kappa shape index (κ2) is 10.6. The van der Waals surface area contributed by atoms with Gasteiger partial charge in [-0.1, -0.05) is 109 Å². The number of fused-ring (bicyclic) bond motifs is 10. The SMILES string of the molecule is c1ccc(-n2c3cc4ccccc4cc3c3c(N(c4cccc5c4oc4ccccc45)c4cccc5c4sc4ccccc45)cccc32)cc1. The van der Waals surface area contributed by atoms with Crippen LogP contribution in [0, 0.1) is 0 Å². The molecular weight excluding hydrogens is 629 g/mol. The van der Waals surface area contributed by atoms with Gasteiger partial charge in [0, 0.05) is 42.7 Å². The van der Waals surface area contributed by atoms with Gasteiger partial charge in [0.05, 0.1) is 32.8 Å². The van der Waals surface area contributed by atoms with Gasteiger partial charge in [0.1, 0.15) is 5.58 Å². The molecule has 0 spiro atoms. The van der Waals surface area contributed by atoms with Crippen LogP contribution in [0.4, 0.5) is 17.1 Å². The molecule has 0 aliphatic rings. The number of aromatic nitrogens is 1. The molecule has 234 valence electrons. The van der Waals surface area contributed by atoms with Gasteiger partial charge in [0.15, 0.2) is 5.58 Å². The van der Waals surface area contributed by atoms with Crippen molar-refractivity contribution in [3.8, 4) is 5.69 Å². The average molecular weight is 657 g/mol. The molecule has 11 rings (SSSR count). The zero-order valence-electron chi connectivity index (χ0n) is 26.9. The van der Waals surface area contributed by atoms with E-state index in [0.717, 1.165) is 50.2 Å². The van der Waals surface area contributed by atoms with Gasteiger partial charge < -0.3 is 13.9 Å². The van der Waals surface area contributed by atoms with Crippen LogP contribution in [0.3, 0.4) is 0 Å². The fourth-order valence-corrected chi connectivity index (χ4v) is 9.19. The van der Waals surface area contributed by atoms with E-state index in [0.29, 0.717) is 0 Å². The van der Waals surface area contributed by atoms with E-state index in [4.69, 9.17) is 4.42 Å². The lowest BCUT2D eigenvalue weighted by atomic mass is 10.0. The van der Waals surface area contributed by atoms with E-state index in [1.807, 2.05) is 17.4 Å². The highest BCUT2D eigenvalue weighted by Gasteiger charge is 2.26. The van der Waals surface area contributed by atoms with E-state index < -0.39 is 0 Å². The lowest BCUT2D eigenvalue weighted by Crippen LogP contribution is -2.11. The van der Waals surface area contributed by atoms with Crippen LogP contribution in [0.2, 0.25) is 0 Å². The zero-order valence-corrected chi connectivity index (χ0v) is 27.7. The van der Waals surface area contributed by atoms with Gasteiger partial charge in [0.25, 0.3) is 0 Å². The minimum atomic E-state index is 0.876. The van der Waals surface area contributed by atoms with Crippen LogP contribution in [-0.2, 0) is 0 Å². The molecule has 0 aliphatic heterocycles. The van der Waals surface area contributed by atoms with Crippen LogP contribution in [0.1, 0.15) is 0 Å². The predicted octanol–water partition coefficient (Wildman–Crippen LogP) is 13.7. The molecule has 0 saturated heterocycles. The molecule has 0 N–H and O–H groups in total. The third-order valence-electron chi connectivity index (χ3n) is 10.1. The largest absolute Gasteiger partial charge is 0.454 e. The summed E-state index contributed by atoms with van der Waals surface area (Å²) in [6.45, 7) is 0. The van der Waals surface area contributed by atoms with Crippen molar-refractivity contribution in [2.45, 2.75) is 0 Å². The Kier molecular flexibility index (Phi) is 5.83. The molecule has 0 amide bonds. The van der Waals surface area contributed by atoms with Crippen molar-refractivity contribution < 1.29 is 4.42 Å². The molecule has 11 aromatic rings. The molecule has 0 saturated carbocycles. The first kappa shape index (κ1) is 27.6. The highest BCUT2D eigenvalue weighted by atomic mass is 32.1. The molecule has 0 radical (unpaired) electrons. The van der Waals surface area contributed by atoms with E-state index in [9.17, 15) is 0 Å². The first-order valence-electron chi connectivity index (χ1n) is 16.9. The Hall–Kier alpha value is -6.36. The Morgan fingerprint density at radius 2 is 1.12 bits per heavy atom. The Morgan fingerprint density at radius 3 is 2.00 bits per heavy atom. The topological polar surface area (TPSA) is 21.3 Å². The number of rotatable bonds is 4. The maximum absolute atomic E-state index is 6.77. The van der Waals surface area contributed by atoms with Crippen LogP contribution in [0.25, 0.3) is 80.4 Å². The Labute approximate surface area is 291 Å². The van der Waals surface area contributed by atoms with Crippen molar-refractivity contribution in [2.24, 2.45) is 0 Å². The third kappa shape index (κ3) is 3.91. The number of hydrogen-bond donors (Lipinski definition) is 0. The zero-order chi connectivity index (χ0) is 32.8. The molecule has 0 unspecified atom stereocenters. The summed E-state index contributed by atoms with van der Waals surface area (Å²) in [6, 6.07) is 61.2. The number of para-hydroxylation sites is 3. The van der Waals surface area contributed by atoms with E-state index in [1.54, 1.807) is 0 Å². The summed E-state index contributed by atoms with van der Waals surface area (Å²) in [5.74, 6) is 0. The minimum absolute atomic E-state index is 0.876. The average Bonchev–Trinajstić information content (AvgIpc) is 3.85. The van der Waals surface area contributed by atoms with Crippen molar-refractivity contribution in [2.75, 3.05) is 4.90 Å². The summed E-state index contributed by atoms with van der Waals surface area (Å²) in [4.78, 5) is 2.45. The second-order valence-corrected chi connectivity index (χ2v) is 14.0. The summed E-state index contributed by atoms with van der Waals surface area (Å²) in [7, 11) is 0. The second-order valence-electron chi connectivity index (χ2n) is 12.9. The van der Waals surface area contributed by atoms with Crippen LogP contribution in [0.15, 0.2) is 174 Å². The molecule has 0 bridgehead atoms. The Bertz CT molecular complexity index is 3000. The lowest BCUT2D eigenvalue weighted by Gasteiger charge is -2.27. The van der Waals surface area contributed by atoms with Crippen LogP contribution < -0.4 is 4.90 Å². The molecule has 3 heterocycles. The summed E-state index contributed by atoms with van der Waals surface area (Å²) in [5, 5.41) is 9.62. The first-order chi connectivity index (χ1) is 24.8. The smallest absolute Gasteiger partial charge is 0.159 e. The van der Waals surface area contributed by atoms with Crippen molar-refractivity contribution in [3.05, 3.63) is 170 Å².